The second-order valence-corrected chi connectivity index (χ2v) is 11.7. The number of alkyl halides is 3. The van der Waals surface area contributed by atoms with Crippen LogP contribution in [0.5, 0.6) is 0 Å². The van der Waals surface area contributed by atoms with Crippen molar-refractivity contribution in [2.75, 3.05) is 25.1 Å². The lowest BCUT2D eigenvalue weighted by atomic mass is 10.1. The Labute approximate surface area is 271 Å². The molecule has 1 aromatic rings. The van der Waals surface area contributed by atoms with E-state index in [1.165, 1.54) is 17.1 Å². The summed E-state index contributed by atoms with van der Waals surface area (Å²) in [5, 5.41) is 17.3. The zero-order valence-electron chi connectivity index (χ0n) is 24.9. The molecule has 1 aromatic carbocycles. The third-order valence-electron chi connectivity index (χ3n) is 6.00. The van der Waals surface area contributed by atoms with E-state index in [1.807, 2.05) is 30.3 Å². The number of nitrogens with zero attached hydrogens (tertiary/aromatic N) is 1. The number of carbonyl (C=O) groups is 6. The van der Waals surface area contributed by atoms with Gasteiger partial charge in [-0.25, -0.2) is 0 Å². The highest BCUT2D eigenvalue weighted by atomic mass is 32.2. The monoisotopic (exact) mass is 693 g/mol. The minimum Gasteiger partial charge on any atom is -0.481 e. The van der Waals surface area contributed by atoms with E-state index >= 15 is 0 Å². The highest BCUT2D eigenvalue weighted by Gasteiger charge is 2.41. The number of carboxylic acid groups (broad SMARTS) is 1. The molecule has 0 saturated heterocycles. The van der Waals surface area contributed by atoms with Crippen LogP contribution in [0, 0.1) is 0 Å². The number of benzene rings is 1. The first-order valence-corrected chi connectivity index (χ1v) is 16.2. The molecule has 0 bridgehead atoms. The lowest BCUT2D eigenvalue weighted by molar-refractivity contribution is -0.174. The third kappa shape index (κ3) is 16.9. The van der Waals surface area contributed by atoms with Gasteiger partial charge in [0.1, 0.15) is 18.1 Å². The molecule has 14 nitrogen and oxygen atoms in total. The molecule has 0 radical (unpaired) electrons. The number of aliphatic carboxylic acids is 1. The SMILES string of the molecule is CSCC[C@H](NC(=O)[C@H](CCC(=O)O)NC(=O)C(F)(F)F)C(=O)N[C@@H](CCCN=C(N)N)C(=O)NCC(=O)SCc1ccccc1. The standard InChI is InChI=1S/C27H38F3N7O7S2/c1-45-13-11-19(36-23(42)18(9-10-20(38)39)37-25(44)27(28,29)30)24(43)35-17(8-5-12-33-26(31)32)22(41)34-14-21(40)46-15-16-6-3-2-4-7-16/h2-4,6-7,17-19H,5,8-15H2,1H3,(H,34,41)(H,35,43)(H,36,42)(H,37,44)(H,38,39)(H4,31,32,33)/t17-,18-,19-/m0/s1. The molecule has 3 atom stereocenters. The summed E-state index contributed by atoms with van der Waals surface area (Å²) in [7, 11) is 0. The van der Waals surface area contributed by atoms with Crippen LogP contribution in [-0.2, 0) is 34.5 Å². The summed E-state index contributed by atoms with van der Waals surface area (Å²) >= 11 is 2.27. The lowest BCUT2D eigenvalue weighted by Crippen LogP contribution is -2.57. The van der Waals surface area contributed by atoms with Crippen LogP contribution < -0.4 is 32.7 Å². The van der Waals surface area contributed by atoms with Gasteiger partial charge in [0, 0.05) is 18.7 Å². The fourth-order valence-corrected chi connectivity index (χ4v) is 4.84. The van der Waals surface area contributed by atoms with Gasteiger partial charge in [0.15, 0.2) is 5.96 Å². The van der Waals surface area contributed by atoms with Crippen LogP contribution in [0.2, 0.25) is 0 Å². The minimum absolute atomic E-state index is 0.00573. The zero-order chi connectivity index (χ0) is 34.7. The number of hydrogen-bond donors (Lipinski definition) is 7. The van der Waals surface area contributed by atoms with Gasteiger partial charge in [0.2, 0.25) is 22.8 Å². The van der Waals surface area contributed by atoms with Crippen LogP contribution in [0.25, 0.3) is 0 Å². The van der Waals surface area contributed by atoms with Gasteiger partial charge in [-0.3, -0.25) is 33.8 Å². The molecule has 4 amide bonds. The van der Waals surface area contributed by atoms with E-state index in [4.69, 9.17) is 16.6 Å². The average molecular weight is 694 g/mol. The van der Waals surface area contributed by atoms with E-state index in [-0.39, 0.29) is 43.4 Å². The van der Waals surface area contributed by atoms with Gasteiger partial charge in [-0.1, -0.05) is 42.1 Å². The molecule has 0 aliphatic rings. The highest BCUT2D eigenvalue weighted by Crippen LogP contribution is 2.16. The first-order valence-electron chi connectivity index (χ1n) is 13.9. The summed E-state index contributed by atoms with van der Waals surface area (Å²) in [5.41, 5.74) is 11.6. The number of rotatable bonds is 20. The van der Waals surface area contributed by atoms with Crippen molar-refractivity contribution in [3.63, 3.8) is 0 Å². The van der Waals surface area contributed by atoms with Gasteiger partial charge in [-0.15, -0.1) is 0 Å². The van der Waals surface area contributed by atoms with Crippen LogP contribution in [0.15, 0.2) is 35.3 Å². The Bertz CT molecular complexity index is 1220. The van der Waals surface area contributed by atoms with Crippen LogP contribution in [-0.4, -0.2) is 95.2 Å². The Balaban J connectivity index is 3.03. The van der Waals surface area contributed by atoms with Crippen molar-refractivity contribution in [2.24, 2.45) is 16.5 Å². The fraction of sp³-hybridized carbons (Fsp3) is 0.519. The molecular formula is C27H38F3N7O7S2. The van der Waals surface area contributed by atoms with Gasteiger partial charge in [-0.2, -0.15) is 24.9 Å². The number of carboxylic acids is 1. The molecule has 19 heteroatoms. The topological polar surface area (TPSA) is 235 Å². The molecular weight excluding hydrogens is 655 g/mol. The van der Waals surface area contributed by atoms with Crippen LogP contribution in [0.1, 0.15) is 37.7 Å². The Kier molecular flexibility index (Phi) is 18.2. The van der Waals surface area contributed by atoms with Gasteiger partial charge in [0.05, 0.1) is 6.54 Å². The highest BCUT2D eigenvalue weighted by molar-refractivity contribution is 8.13. The number of hydrogen-bond acceptors (Lipinski definition) is 9. The van der Waals surface area contributed by atoms with Crippen molar-refractivity contribution in [2.45, 2.75) is 62.2 Å². The molecule has 0 saturated carbocycles. The van der Waals surface area contributed by atoms with Crippen molar-refractivity contribution in [1.82, 2.24) is 21.3 Å². The van der Waals surface area contributed by atoms with Crippen molar-refractivity contribution >= 4 is 64.2 Å². The van der Waals surface area contributed by atoms with Gasteiger partial charge in [0.25, 0.3) is 0 Å². The van der Waals surface area contributed by atoms with Crippen molar-refractivity contribution in [1.29, 1.82) is 0 Å². The van der Waals surface area contributed by atoms with E-state index in [0.717, 1.165) is 17.3 Å². The number of carbonyl (C=O) groups excluding carboxylic acids is 5. The van der Waals surface area contributed by atoms with E-state index in [1.54, 1.807) is 6.26 Å². The maximum atomic E-state index is 13.3. The molecule has 0 unspecified atom stereocenters. The molecule has 0 aliphatic heterocycles. The lowest BCUT2D eigenvalue weighted by Gasteiger charge is -2.25. The van der Waals surface area contributed by atoms with Gasteiger partial charge in [-0.05, 0) is 43.3 Å². The molecule has 0 spiro atoms. The second-order valence-electron chi connectivity index (χ2n) is 9.67. The molecule has 46 heavy (non-hydrogen) atoms. The molecule has 0 aromatic heterocycles. The van der Waals surface area contributed by atoms with Crippen molar-refractivity contribution in [3.8, 4) is 0 Å². The van der Waals surface area contributed by atoms with Gasteiger partial charge < -0.3 is 37.8 Å². The number of thioether (sulfide) groups is 2. The number of amides is 4. The quantitative estimate of drug-likeness (QED) is 0.0555. The largest absolute Gasteiger partial charge is 0.481 e. The zero-order valence-corrected chi connectivity index (χ0v) is 26.6. The average Bonchev–Trinajstić information content (AvgIpc) is 2.99. The van der Waals surface area contributed by atoms with Crippen LogP contribution in [0.4, 0.5) is 13.2 Å². The predicted octanol–water partition coefficient (Wildman–Crippen LogP) is 0.251. The Morgan fingerprint density at radius 3 is 2.02 bits per heavy atom. The third-order valence-corrected chi connectivity index (χ3v) is 7.59. The smallest absolute Gasteiger partial charge is 0.471 e. The van der Waals surface area contributed by atoms with E-state index in [2.05, 4.69) is 20.9 Å². The molecule has 256 valence electrons. The number of aliphatic imine (C=N–C) groups is 1. The molecule has 1 rings (SSSR count). The first-order chi connectivity index (χ1) is 21.6. The van der Waals surface area contributed by atoms with Crippen molar-refractivity contribution < 1.29 is 47.0 Å². The number of nitrogens with two attached hydrogens (primary N) is 2. The normalized spacial score (nSPS) is 13.0. The summed E-state index contributed by atoms with van der Waals surface area (Å²) in [6.07, 6.45) is -4.90. The minimum atomic E-state index is -5.35. The Hall–Kier alpha value is -4.00. The van der Waals surface area contributed by atoms with Gasteiger partial charge >= 0.3 is 18.1 Å². The van der Waals surface area contributed by atoms with E-state index in [0.29, 0.717) is 11.5 Å². The van der Waals surface area contributed by atoms with Crippen LogP contribution >= 0.6 is 23.5 Å². The summed E-state index contributed by atoms with van der Waals surface area (Å²) in [5.74, 6) is -6.24. The maximum absolute atomic E-state index is 13.3. The van der Waals surface area contributed by atoms with Crippen LogP contribution in [0.3, 0.4) is 0 Å². The predicted molar refractivity (Wildman–Crippen MR) is 167 cm³/mol. The summed E-state index contributed by atoms with van der Waals surface area (Å²) in [6, 6.07) is 4.62. The number of halogens is 3. The first kappa shape index (κ1) is 40.0. The second kappa shape index (κ2) is 20.9. The Morgan fingerprint density at radius 2 is 1.48 bits per heavy atom. The van der Waals surface area contributed by atoms with Crippen molar-refractivity contribution in [3.05, 3.63) is 35.9 Å². The maximum Gasteiger partial charge on any atom is 0.471 e. The summed E-state index contributed by atoms with van der Waals surface area (Å²) < 4.78 is 38.5. The Morgan fingerprint density at radius 1 is 0.891 bits per heavy atom. The summed E-state index contributed by atoms with van der Waals surface area (Å²) in [6.45, 7) is -0.252. The van der Waals surface area contributed by atoms with E-state index < -0.39 is 66.7 Å². The molecule has 9 N–H and O–H groups in total. The molecule has 0 heterocycles. The molecule has 0 fully saturated rings. The molecule has 0 aliphatic carbocycles. The fourth-order valence-electron chi connectivity index (χ4n) is 3.67. The summed E-state index contributed by atoms with van der Waals surface area (Å²) in [4.78, 5) is 77.9. The van der Waals surface area contributed by atoms with E-state index in [9.17, 15) is 41.9 Å². The number of guanidine groups is 1. The number of nitrogens with one attached hydrogen (secondary N) is 4.